The lowest BCUT2D eigenvalue weighted by molar-refractivity contribution is 0.0656. The number of carbonyl (C=O) groups is 1. The van der Waals surface area contributed by atoms with Crippen LogP contribution in [0.5, 0.6) is 5.75 Å². The van der Waals surface area contributed by atoms with Gasteiger partial charge in [0.1, 0.15) is 11.9 Å². The molecule has 0 fully saturated rings. The Bertz CT molecular complexity index is 741. The molecule has 0 spiro atoms. The Morgan fingerprint density at radius 1 is 1.44 bits per heavy atom. The van der Waals surface area contributed by atoms with Crippen LogP contribution < -0.4 is 4.74 Å². The van der Waals surface area contributed by atoms with Gasteiger partial charge in [-0.15, -0.1) is 0 Å². The molecule has 2 atom stereocenters. The molecule has 0 radical (unpaired) electrons. The number of aliphatic hydroxyl groups excluding tert-OH is 1. The van der Waals surface area contributed by atoms with Crippen LogP contribution in [0.2, 0.25) is 0 Å². The van der Waals surface area contributed by atoms with Crippen LogP contribution in [-0.2, 0) is 6.42 Å². The van der Waals surface area contributed by atoms with Gasteiger partial charge >= 0.3 is 6.09 Å². The molecule has 1 aliphatic heterocycles. The maximum Gasteiger partial charge on any atom is 0.407 e. The number of rotatable bonds is 5. The van der Waals surface area contributed by atoms with Gasteiger partial charge in [0.05, 0.1) is 19.2 Å². The number of carboxylic acid groups (broad SMARTS) is 1. The summed E-state index contributed by atoms with van der Waals surface area (Å²) in [6, 6.07) is 9.44. The number of aromatic nitrogens is 1. The second kappa shape index (κ2) is 8.01. The van der Waals surface area contributed by atoms with E-state index in [0.717, 1.165) is 27.7 Å². The molecular formula is C18H19IN2O4. The van der Waals surface area contributed by atoms with Gasteiger partial charge in [0.2, 0.25) is 0 Å². The normalized spacial score (nSPS) is 17.3. The molecule has 2 N–H and O–H groups in total. The standard InChI is InChI=1S/C18H19IN2O4/c19-14-4-6-17-12(8-14)3-5-15(25-17)10-21(18(23)24)11-16(22)13-2-1-7-20-9-13/h1-2,4,6-9,15-16,22H,3,5,10-11H2,(H,23,24)/t15-,16+/m1/s1. The van der Waals surface area contributed by atoms with Gasteiger partial charge in [0.15, 0.2) is 0 Å². The maximum atomic E-state index is 11.6. The Labute approximate surface area is 159 Å². The van der Waals surface area contributed by atoms with Crippen LogP contribution in [0.25, 0.3) is 0 Å². The van der Waals surface area contributed by atoms with Crippen LogP contribution in [0, 0.1) is 3.57 Å². The summed E-state index contributed by atoms with van der Waals surface area (Å²) in [4.78, 5) is 16.7. The van der Waals surface area contributed by atoms with Crippen LogP contribution in [-0.4, -0.2) is 45.4 Å². The molecule has 0 saturated heterocycles. The minimum atomic E-state index is -1.07. The Balaban J connectivity index is 1.64. The van der Waals surface area contributed by atoms with E-state index in [1.807, 2.05) is 12.1 Å². The third-order valence-corrected chi connectivity index (χ3v) is 4.88. The summed E-state index contributed by atoms with van der Waals surface area (Å²) in [5.74, 6) is 0.815. The summed E-state index contributed by atoms with van der Waals surface area (Å²) in [5.41, 5.74) is 1.75. The fourth-order valence-corrected chi connectivity index (χ4v) is 3.46. The highest BCUT2D eigenvalue weighted by Gasteiger charge is 2.26. The number of aryl methyl sites for hydroxylation is 1. The number of nitrogens with zero attached hydrogens (tertiary/aromatic N) is 2. The lowest BCUT2D eigenvalue weighted by Gasteiger charge is -2.31. The lowest BCUT2D eigenvalue weighted by Crippen LogP contribution is -2.42. The van der Waals surface area contributed by atoms with Crippen LogP contribution in [0.15, 0.2) is 42.7 Å². The van der Waals surface area contributed by atoms with Crippen LogP contribution in [0.1, 0.15) is 23.7 Å². The van der Waals surface area contributed by atoms with E-state index in [2.05, 4.69) is 33.6 Å². The summed E-state index contributed by atoms with van der Waals surface area (Å²) in [5, 5.41) is 19.7. The quantitative estimate of drug-likeness (QED) is 0.679. The SMILES string of the molecule is O=C(O)N(C[C@H]1CCc2cc(I)ccc2O1)C[C@H](O)c1cccnc1. The molecule has 0 saturated carbocycles. The summed E-state index contributed by atoms with van der Waals surface area (Å²) in [6.07, 6.45) is 2.56. The van der Waals surface area contributed by atoms with Gasteiger partial charge in [-0.2, -0.15) is 0 Å². The van der Waals surface area contributed by atoms with E-state index in [9.17, 15) is 15.0 Å². The highest BCUT2D eigenvalue weighted by molar-refractivity contribution is 14.1. The number of benzene rings is 1. The van der Waals surface area contributed by atoms with Crippen molar-refractivity contribution in [3.8, 4) is 5.75 Å². The first-order valence-corrected chi connectivity index (χ1v) is 9.11. The number of aliphatic hydroxyl groups is 1. The second-order valence-corrected chi connectivity index (χ2v) is 7.27. The van der Waals surface area contributed by atoms with E-state index in [4.69, 9.17) is 4.74 Å². The molecule has 2 aromatic rings. The predicted molar refractivity (Wildman–Crippen MR) is 101 cm³/mol. The Morgan fingerprint density at radius 3 is 3.00 bits per heavy atom. The van der Waals surface area contributed by atoms with Crippen molar-refractivity contribution >= 4 is 28.7 Å². The smallest absolute Gasteiger partial charge is 0.407 e. The van der Waals surface area contributed by atoms with Gasteiger partial charge in [-0.25, -0.2) is 4.79 Å². The lowest BCUT2D eigenvalue weighted by atomic mass is 10.0. The molecule has 1 aliphatic rings. The van der Waals surface area contributed by atoms with Crippen molar-refractivity contribution in [2.45, 2.75) is 25.0 Å². The largest absolute Gasteiger partial charge is 0.488 e. The van der Waals surface area contributed by atoms with Crippen molar-refractivity contribution in [3.63, 3.8) is 0 Å². The molecule has 1 aromatic heterocycles. The first-order valence-electron chi connectivity index (χ1n) is 8.04. The summed E-state index contributed by atoms with van der Waals surface area (Å²) in [7, 11) is 0. The van der Waals surface area contributed by atoms with Crippen molar-refractivity contribution < 1.29 is 19.7 Å². The Hall–Kier alpha value is -1.87. The fraction of sp³-hybridized carbons (Fsp3) is 0.333. The van der Waals surface area contributed by atoms with Gasteiger partial charge in [0, 0.05) is 21.5 Å². The molecule has 1 aromatic carbocycles. The molecule has 0 aliphatic carbocycles. The average molecular weight is 454 g/mol. The van der Waals surface area contributed by atoms with Crippen molar-refractivity contribution in [2.75, 3.05) is 13.1 Å². The van der Waals surface area contributed by atoms with E-state index in [-0.39, 0.29) is 19.2 Å². The molecule has 3 rings (SSSR count). The van der Waals surface area contributed by atoms with E-state index >= 15 is 0 Å². The highest BCUT2D eigenvalue weighted by Crippen LogP contribution is 2.29. The van der Waals surface area contributed by atoms with Crippen LogP contribution >= 0.6 is 22.6 Å². The summed E-state index contributed by atoms with van der Waals surface area (Å²) in [6.45, 7) is 0.207. The Morgan fingerprint density at radius 2 is 2.28 bits per heavy atom. The average Bonchev–Trinajstić information content (AvgIpc) is 2.61. The van der Waals surface area contributed by atoms with E-state index in [1.165, 1.54) is 4.90 Å². The minimum absolute atomic E-state index is 0.0135. The van der Waals surface area contributed by atoms with E-state index in [0.29, 0.717) is 5.56 Å². The summed E-state index contributed by atoms with van der Waals surface area (Å²) >= 11 is 2.26. The molecule has 6 nitrogen and oxygen atoms in total. The van der Waals surface area contributed by atoms with E-state index in [1.54, 1.807) is 24.5 Å². The molecule has 1 amide bonds. The first kappa shape index (κ1) is 17.9. The zero-order chi connectivity index (χ0) is 17.8. The van der Waals surface area contributed by atoms with Gasteiger partial charge < -0.3 is 19.8 Å². The number of halogens is 1. The number of hydrogen-bond donors (Lipinski definition) is 2. The van der Waals surface area contributed by atoms with Gasteiger partial charge in [0.25, 0.3) is 0 Å². The van der Waals surface area contributed by atoms with Crippen molar-refractivity contribution in [3.05, 3.63) is 57.4 Å². The molecule has 2 heterocycles. The summed E-state index contributed by atoms with van der Waals surface area (Å²) < 4.78 is 7.11. The molecule has 25 heavy (non-hydrogen) atoms. The van der Waals surface area contributed by atoms with Crippen LogP contribution in [0.3, 0.4) is 0 Å². The molecule has 132 valence electrons. The molecule has 0 bridgehead atoms. The predicted octanol–water partition coefficient (Wildman–Crippen LogP) is 3.09. The topological polar surface area (TPSA) is 82.9 Å². The van der Waals surface area contributed by atoms with Gasteiger partial charge in [-0.3, -0.25) is 4.98 Å². The van der Waals surface area contributed by atoms with Crippen LogP contribution in [0.4, 0.5) is 4.79 Å². The van der Waals surface area contributed by atoms with Crippen molar-refractivity contribution in [1.29, 1.82) is 0 Å². The van der Waals surface area contributed by atoms with Gasteiger partial charge in [-0.1, -0.05) is 6.07 Å². The first-order chi connectivity index (χ1) is 12.0. The fourth-order valence-electron chi connectivity index (χ4n) is 2.91. The zero-order valence-corrected chi connectivity index (χ0v) is 15.7. The Kier molecular flexibility index (Phi) is 5.74. The number of ether oxygens (including phenoxy) is 1. The van der Waals surface area contributed by atoms with Gasteiger partial charge in [-0.05, 0) is 65.3 Å². The maximum absolute atomic E-state index is 11.6. The minimum Gasteiger partial charge on any atom is -0.488 e. The highest BCUT2D eigenvalue weighted by atomic mass is 127. The zero-order valence-electron chi connectivity index (χ0n) is 13.5. The van der Waals surface area contributed by atoms with E-state index < -0.39 is 12.2 Å². The third-order valence-electron chi connectivity index (χ3n) is 4.21. The number of hydrogen-bond acceptors (Lipinski definition) is 4. The molecule has 7 heteroatoms. The molecular weight excluding hydrogens is 435 g/mol. The number of amides is 1. The third kappa shape index (κ3) is 4.60. The van der Waals surface area contributed by atoms with Crippen molar-refractivity contribution in [1.82, 2.24) is 9.88 Å². The number of pyridine rings is 1. The van der Waals surface area contributed by atoms with Crippen molar-refractivity contribution in [2.24, 2.45) is 0 Å². The monoisotopic (exact) mass is 454 g/mol. The number of fused-ring (bicyclic) bond motifs is 1. The molecule has 0 unspecified atom stereocenters. The second-order valence-electron chi connectivity index (χ2n) is 6.02.